The zero-order chi connectivity index (χ0) is 15.2. The van der Waals surface area contributed by atoms with E-state index in [4.69, 9.17) is 14.2 Å². The standard InChI is InChI=1S/C18H20NO3/c1-19-10-8-16(9-11-19)3-2-15-4-6-17(7-5-15)22-14-18-20-12-13-21-18/h2-11,18H,12-14H2,1H3/q+1/b3-2+. The molecule has 1 aliphatic rings. The van der Waals surface area contributed by atoms with Gasteiger partial charge in [-0.3, -0.25) is 0 Å². The van der Waals surface area contributed by atoms with Crippen molar-refractivity contribution in [2.75, 3.05) is 19.8 Å². The number of ether oxygens (including phenoxy) is 3. The van der Waals surface area contributed by atoms with Crippen LogP contribution in [0.3, 0.4) is 0 Å². The van der Waals surface area contributed by atoms with Gasteiger partial charge in [-0.25, -0.2) is 4.57 Å². The Morgan fingerprint density at radius 1 is 1.00 bits per heavy atom. The van der Waals surface area contributed by atoms with Crippen molar-refractivity contribution < 1.29 is 18.8 Å². The van der Waals surface area contributed by atoms with Crippen LogP contribution in [0.2, 0.25) is 0 Å². The first-order valence-electron chi connectivity index (χ1n) is 7.39. The van der Waals surface area contributed by atoms with Crippen molar-refractivity contribution in [2.24, 2.45) is 7.05 Å². The van der Waals surface area contributed by atoms with E-state index in [-0.39, 0.29) is 6.29 Å². The number of rotatable bonds is 5. The summed E-state index contributed by atoms with van der Waals surface area (Å²) in [6, 6.07) is 12.1. The van der Waals surface area contributed by atoms with E-state index in [0.29, 0.717) is 19.8 Å². The van der Waals surface area contributed by atoms with E-state index in [1.807, 2.05) is 48.3 Å². The van der Waals surface area contributed by atoms with Gasteiger partial charge in [0.2, 0.25) is 0 Å². The van der Waals surface area contributed by atoms with Gasteiger partial charge in [0, 0.05) is 12.1 Å². The molecule has 2 heterocycles. The lowest BCUT2D eigenvalue weighted by Crippen LogP contribution is -2.25. The molecular formula is C18H20NO3+. The summed E-state index contributed by atoms with van der Waals surface area (Å²) in [7, 11) is 2.01. The van der Waals surface area contributed by atoms with Gasteiger partial charge in [-0.2, -0.15) is 0 Å². The molecule has 1 aromatic carbocycles. The third-order valence-corrected chi connectivity index (χ3v) is 3.43. The molecule has 4 heteroatoms. The Bertz CT molecular complexity index is 614. The average molecular weight is 298 g/mol. The van der Waals surface area contributed by atoms with Crippen LogP contribution in [0.1, 0.15) is 11.1 Å². The topological polar surface area (TPSA) is 31.6 Å². The molecule has 0 unspecified atom stereocenters. The van der Waals surface area contributed by atoms with Crippen molar-refractivity contribution in [3.05, 3.63) is 59.9 Å². The van der Waals surface area contributed by atoms with E-state index < -0.39 is 0 Å². The Morgan fingerprint density at radius 3 is 2.23 bits per heavy atom. The van der Waals surface area contributed by atoms with Crippen molar-refractivity contribution >= 4 is 12.2 Å². The van der Waals surface area contributed by atoms with E-state index in [9.17, 15) is 0 Å². The van der Waals surface area contributed by atoms with Crippen LogP contribution in [0.4, 0.5) is 0 Å². The Morgan fingerprint density at radius 2 is 1.59 bits per heavy atom. The zero-order valence-electron chi connectivity index (χ0n) is 12.6. The lowest BCUT2D eigenvalue weighted by molar-refractivity contribution is -0.671. The van der Waals surface area contributed by atoms with Crippen LogP contribution in [0.5, 0.6) is 5.75 Å². The summed E-state index contributed by atoms with van der Waals surface area (Å²) >= 11 is 0. The highest BCUT2D eigenvalue weighted by Crippen LogP contribution is 2.15. The predicted molar refractivity (Wildman–Crippen MR) is 84.2 cm³/mol. The quantitative estimate of drug-likeness (QED) is 0.795. The summed E-state index contributed by atoms with van der Waals surface area (Å²) in [6.45, 7) is 1.72. The van der Waals surface area contributed by atoms with Gasteiger partial charge >= 0.3 is 0 Å². The lowest BCUT2D eigenvalue weighted by atomic mass is 10.1. The second-order valence-electron chi connectivity index (χ2n) is 5.18. The van der Waals surface area contributed by atoms with Crippen LogP contribution in [0, 0.1) is 0 Å². The van der Waals surface area contributed by atoms with Gasteiger partial charge in [-0.1, -0.05) is 24.3 Å². The van der Waals surface area contributed by atoms with Crippen LogP contribution in [-0.2, 0) is 16.5 Å². The third kappa shape index (κ3) is 4.16. The highest BCUT2D eigenvalue weighted by molar-refractivity contribution is 5.69. The third-order valence-electron chi connectivity index (χ3n) is 3.43. The maximum Gasteiger partial charge on any atom is 0.191 e. The largest absolute Gasteiger partial charge is 0.488 e. The monoisotopic (exact) mass is 298 g/mol. The molecular weight excluding hydrogens is 278 g/mol. The van der Waals surface area contributed by atoms with Crippen molar-refractivity contribution in [3.63, 3.8) is 0 Å². The zero-order valence-corrected chi connectivity index (χ0v) is 12.6. The highest BCUT2D eigenvalue weighted by atomic mass is 16.7. The summed E-state index contributed by atoms with van der Waals surface area (Å²) < 4.78 is 18.3. The minimum absolute atomic E-state index is 0.237. The molecule has 0 amide bonds. The number of nitrogens with zero attached hydrogens (tertiary/aromatic N) is 1. The summed E-state index contributed by atoms with van der Waals surface area (Å²) in [6.07, 6.45) is 8.00. The van der Waals surface area contributed by atoms with Gasteiger partial charge in [-0.05, 0) is 23.3 Å². The van der Waals surface area contributed by atoms with Crippen LogP contribution in [-0.4, -0.2) is 26.1 Å². The molecule has 0 bridgehead atoms. The highest BCUT2D eigenvalue weighted by Gasteiger charge is 2.16. The first-order valence-corrected chi connectivity index (χ1v) is 7.39. The Kier molecular flexibility index (Phi) is 4.83. The molecule has 0 radical (unpaired) electrons. The molecule has 114 valence electrons. The maximum atomic E-state index is 5.64. The van der Waals surface area contributed by atoms with Gasteiger partial charge in [0.05, 0.1) is 13.2 Å². The lowest BCUT2D eigenvalue weighted by Gasteiger charge is -2.10. The molecule has 0 N–H and O–H groups in total. The molecule has 1 fully saturated rings. The van der Waals surface area contributed by atoms with Crippen LogP contribution >= 0.6 is 0 Å². The number of benzene rings is 1. The van der Waals surface area contributed by atoms with Crippen molar-refractivity contribution in [1.29, 1.82) is 0 Å². The van der Waals surface area contributed by atoms with Crippen LogP contribution < -0.4 is 9.30 Å². The van der Waals surface area contributed by atoms with Crippen LogP contribution in [0.25, 0.3) is 12.2 Å². The minimum Gasteiger partial charge on any atom is -0.488 e. The van der Waals surface area contributed by atoms with E-state index >= 15 is 0 Å². The number of pyridine rings is 1. The molecule has 22 heavy (non-hydrogen) atoms. The van der Waals surface area contributed by atoms with Gasteiger partial charge in [0.25, 0.3) is 0 Å². The molecule has 4 nitrogen and oxygen atoms in total. The number of aromatic nitrogens is 1. The second-order valence-corrected chi connectivity index (χ2v) is 5.18. The van der Waals surface area contributed by atoms with E-state index in [0.717, 1.165) is 11.3 Å². The Labute approximate surface area is 130 Å². The fourth-order valence-electron chi connectivity index (χ4n) is 2.16. The fourth-order valence-corrected chi connectivity index (χ4v) is 2.16. The first-order chi connectivity index (χ1) is 10.8. The Hall–Kier alpha value is -2.17. The molecule has 0 aliphatic carbocycles. The smallest absolute Gasteiger partial charge is 0.191 e. The molecule has 1 saturated heterocycles. The van der Waals surface area contributed by atoms with Crippen molar-refractivity contribution in [3.8, 4) is 5.75 Å². The number of aryl methyl sites for hydroxylation is 1. The van der Waals surface area contributed by atoms with Crippen molar-refractivity contribution in [2.45, 2.75) is 6.29 Å². The molecule has 1 aromatic heterocycles. The van der Waals surface area contributed by atoms with E-state index in [1.165, 1.54) is 5.56 Å². The molecule has 2 aromatic rings. The van der Waals surface area contributed by atoms with Gasteiger partial charge in [0.1, 0.15) is 19.4 Å². The number of hydrogen-bond donors (Lipinski definition) is 0. The van der Waals surface area contributed by atoms with Crippen molar-refractivity contribution in [1.82, 2.24) is 0 Å². The molecule has 0 atom stereocenters. The maximum absolute atomic E-state index is 5.64. The normalized spacial score (nSPS) is 15.5. The van der Waals surface area contributed by atoms with Gasteiger partial charge in [0.15, 0.2) is 18.7 Å². The minimum atomic E-state index is -0.237. The average Bonchev–Trinajstić information content (AvgIpc) is 3.07. The summed E-state index contributed by atoms with van der Waals surface area (Å²) in [4.78, 5) is 0. The summed E-state index contributed by atoms with van der Waals surface area (Å²) in [5.74, 6) is 0.822. The molecule has 0 saturated carbocycles. The second kappa shape index (κ2) is 7.20. The van der Waals surface area contributed by atoms with Gasteiger partial charge in [-0.15, -0.1) is 0 Å². The SMILES string of the molecule is C[n+]1ccc(/C=C/c2ccc(OCC3OCCO3)cc2)cc1. The number of hydrogen-bond acceptors (Lipinski definition) is 3. The van der Waals surface area contributed by atoms with E-state index in [1.54, 1.807) is 0 Å². The Balaban J connectivity index is 1.55. The predicted octanol–water partition coefficient (Wildman–Crippen LogP) is 2.43. The van der Waals surface area contributed by atoms with E-state index in [2.05, 4.69) is 24.3 Å². The van der Waals surface area contributed by atoms with Gasteiger partial charge < -0.3 is 14.2 Å². The summed E-state index contributed by atoms with van der Waals surface area (Å²) in [5, 5.41) is 0. The van der Waals surface area contributed by atoms with Crippen LogP contribution in [0.15, 0.2) is 48.8 Å². The summed E-state index contributed by atoms with van der Waals surface area (Å²) in [5.41, 5.74) is 2.31. The molecule has 0 spiro atoms. The molecule has 1 aliphatic heterocycles. The fraction of sp³-hybridized carbons (Fsp3) is 0.278. The molecule has 3 rings (SSSR count). The first kappa shape index (κ1) is 14.8.